The summed E-state index contributed by atoms with van der Waals surface area (Å²) in [5, 5.41) is 23.9. The molecule has 0 saturated heterocycles. The predicted octanol–water partition coefficient (Wildman–Crippen LogP) is 5.57. The Hall–Kier alpha value is -3.32. The molecule has 0 radical (unpaired) electrons. The van der Waals surface area contributed by atoms with Crippen LogP contribution in [0.1, 0.15) is 68.3 Å². The Bertz CT molecular complexity index is 1210. The Morgan fingerprint density at radius 1 is 1.00 bits per heavy atom. The fraction of sp³-hybridized carbons (Fsp3) is 0.429. The van der Waals surface area contributed by atoms with Gasteiger partial charge in [0, 0.05) is 35.3 Å². The second-order valence-electron chi connectivity index (χ2n) is 10.3. The van der Waals surface area contributed by atoms with Crippen molar-refractivity contribution in [3.8, 4) is 11.1 Å². The van der Waals surface area contributed by atoms with Crippen molar-refractivity contribution >= 4 is 17.6 Å². The highest BCUT2D eigenvalue weighted by atomic mass is 16.4. The van der Waals surface area contributed by atoms with Gasteiger partial charge in [0.25, 0.3) is 0 Å². The number of carbonyl (C=O) groups is 1. The lowest BCUT2D eigenvalue weighted by Gasteiger charge is -2.36. The summed E-state index contributed by atoms with van der Waals surface area (Å²) in [6, 6.07) is 12.1. The molecule has 2 aliphatic carbocycles. The topological polar surface area (TPSA) is 108 Å². The van der Waals surface area contributed by atoms with E-state index in [9.17, 15) is 15.0 Å². The average Bonchev–Trinajstić information content (AvgIpc) is 3.70. The number of hydrogen-bond donors (Lipinski definition) is 3. The number of carboxylic acid groups (broad SMARTS) is 1. The smallest absolute Gasteiger partial charge is 0.306 e. The third kappa shape index (κ3) is 5.20. The second kappa shape index (κ2) is 9.38. The Morgan fingerprint density at radius 3 is 2.43 bits per heavy atom. The van der Waals surface area contributed by atoms with Crippen molar-refractivity contribution in [1.29, 1.82) is 0 Å². The molecule has 0 amide bonds. The zero-order valence-electron chi connectivity index (χ0n) is 20.2. The van der Waals surface area contributed by atoms with Crippen molar-refractivity contribution < 1.29 is 15.0 Å². The molecule has 1 aromatic carbocycles. The number of aliphatic hydroxyl groups is 1. The minimum absolute atomic E-state index is 0.00220. The molecule has 2 heterocycles. The number of carboxylic acids is 1. The minimum atomic E-state index is -1.09. The van der Waals surface area contributed by atoms with Crippen LogP contribution in [0.15, 0.2) is 48.8 Å². The highest BCUT2D eigenvalue weighted by molar-refractivity contribution is 5.71. The summed E-state index contributed by atoms with van der Waals surface area (Å²) >= 11 is 0. The average molecular weight is 473 g/mol. The number of aromatic nitrogens is 3. The van der Waals surface area contributed by atoms with E-state index in [0.717, 1.165) is 28.1 Å². The fourth-order valence-corrected chi connectivity index (χ4v) is 5.17. The maximum Gasteiger partial charge on any atom is 0.306 e. The molecule has 7 nitrogen and oxygen atoms in total. The third-order valence-corrected chi connectivity index (χ3v) is 7.49. The molecule has 5 rings (SSSR count). The summed E-state index contributed by atoms with van der Waals surface area (Å²) in [4.78, 5) is 24.9. The molecule has 2 aromatic heterocycles. The predicted molar refractivity (Wildman–Crippen MR) is 134 cm³/mol. The molecule has 1 atom stereocenters. The first kappa shape index (κ1) is 23.4. The number of nitrogens with zero attached hydrogens (tertiary/aromatic N) is 3. The molecular weight excluding hydrogens is 440 g/mol. The Morgan fingerprint density at radius 2 is 1.77 bits per heavy atom. The molecule has 2 saturated carbocycles. The first-order chi connectivity index (χ1) is 16.8. The van der Waals surface area contributed by atoms with Crippen LogP contribution in [0.3, 0.4) is 0 Å². The number of aliphatic carboxylic acids is 1. The van der Waals surface area contributed by atoms with Gasteiger partial charge in [-0.1, -0.05) is 12.1 Å². The normalized spacial score (nSPS) is 21.8. The largest absolute Gasteiger partial charge is 0.481 e. The summed E-state index contributed by atoms with van der Waals surface area (Å²) in [5.41, 5.74) is 4.62. The number of benzene rings is 1. The van der Waals surface area contributed by atoms with Crippen molar-refractivity contribution in [1.82, 2.24) is 15.0 Å². The molecule has 2 aliphatic rings. The van der Waals surface area contributed by atoms with Gasteiger partial charge in [0.05, 0.1) is 11.6 Å². The zero-order chi connectivity index (χ0) is 24.6. The second-order valence-corrected chi connectivity index (χ2v) is 10.3. The van der Waals surface area contributed by atoms with Crippen molar-refractivity contribution in [3.05, 3.63) is 65.7 Å². The van der Waals surface area contributed by atoms with Gasteiger partial charge in [0.15, 0.2) is 0 Å². The number of pyridine rings is 1. The monoisotopic (exact) mass is 472 g/mol. The van der Waals surface area contributed by atoms with Crippen LogP contribution in [0.4, 0.5) is 11.6 Å². The van der Waals surface area contributed by atoms with E-state index in [4.69, 9.17) is 0 Å². The van der Waals surface area contributed by atoms with Crippen LogP contribution in [0.25, 0.3) is 11.1 Å². The van der Waals surface area contributed by atoms with Crippen LogP contribution in [0.5, 0.6) is 0 Å². The van der Waals surface area contributed by atoms with E-state index >= 15 is 0 Å². The number of aryl methyl sites for hydroxylation is 1. The molecule has 2 fully saturated rings. The van der Waals surface area contributed by atoms with Crippen LogP contribution in [0, 0.1) is 18.8 Å². The fourth-order valence-electron chi connectivity index (χ4n) is 5.17. The van der Waals surface area contributed by atoms with Gasteiger partial charge >= 0.3 is 5.97 Å². The van der Waals surface area contributed by atoms with Crippen LogP contribution in [-0.4, -0.2) is 31.1 Å². The lowest BCUT2D eigenvalue weighted by molar-refractivity contribution is -0.144. The van der Waals surface area contributed by atoms with Crippen molar-refractivity contribution in [3.63, 3.8) is 0 Å². The van der Waals surface area contributed by atoms with Crippen LogP contribution < -0.4 is 5.32 Å². The quantitative estimate of drug-likeness (QED) is 0.413. The molecule has 35 heavy (non-hydrogen) atoms. The van der Waals surface area contributed by atoms with Crippen molar-refractivity contribution in [2.24, 2.45) is 11.8 Å². The molecule has 7 heteroatoms. The van der Waals surface area contributed by atoms with E-state index in [1.165, 1.54) is 12.8 Å². The highest BCUT2D eigenvalue weighted by Crippen LogP contribution is 2.41. The van der Waals surface area contributed by atoms with E-state index in [0.29, 0.717) is 43.2 Å². The summed E-state index contributed by atoms with van der Waals surface area (Å²) in [5.74, 6) is 0.134. The lowest BCUT2D eigenvalue weighted by Crippen LogP contribution is -2.36. The van der Waals surface area contributed by atoms with E-state index in [2.05, 4.69) is 45.4 Å². The molecule has 0 bridgehead atoms. The highest BCUT2D eigenvalue weighted by Gasteiger charge is 2.38. The van der Waals surface area contributed by atoms with Gasteiger partial charge in [-0.2, -0.15) is 0 Å². The van der Waals surface area contributed by atoms with Crippen LogP contribution in [-0.2, 0) is 10.4 Å². The number of rotatable bonds is 7. The van der Waals surface area contributed by atoms with Gasteiger partial charge < -0.3 is 15.5 Å². The summed E-state index contributed by atoms with van der Waals surface area (Å²) < 4.78 is 0. The molecular formula is C28H32N4O3. The van der Waals surface area contributed by atoms with Crippen LogP contribution in [0.2, 0.25) is 0 Å². The third-order valence-electron chi connectivity index (χ3n) is 7.49. The molecule has 1 unspecified atom stereocenters. The first-order valence-electron chi connectivity index (χ1n) is 12.4. The van der Waals surface area contributed by atoms with Crippen molar-refractivity contribution in [2.75, 3.05) is 5.32 Å². The number of anilines is 2. The van der Waals surface area contributed by atoms with Gasteiger partial charge in [-0.25, -0.2) is 9.97 Å². The van der Waals surface area contributed by atoms with Gasteiger partial charge in [-0.15, -0.1) is 0 Å². The van der Waals surface area contributed by atoms with Gasteiger partial charge in [0.1, 0.15) is 5.60 Å². The number of hydrogen-bond acceptors (Lipinski definition) is 6. The molecule has 0 spiro atoms. The Labute approximate surface area is 205 Å². The number of nitrogens with one attached hydrogen (secondary N) is 1. The Balaban J connectivity index is 1.32. The maximum atomic E-state index is 11.3. The lowest BCUT2D eigenvalue weighted by atomic mass is 9.73. The molecule has 0 aliphatic heterocycles. The Kier molecular flexibility index (Phi) is 6.28. The van der Waals surface area contributed by atoms with Crippen LogP contribution >= 0.6 is 0 Å². The summed E-state index contributed by atoms with van der Waals surface area (Å²) in [6.07, 6.45) is 8.57. The SMILES string of the molecule is Cc1cc(Nc2nccc(C3CC3)n2)cc(-c2ccc(C(C)(O)[C@H]3CC[C@H](C(=O)O)CC3)nc2)c1. The van der Waals surface area contributed by atoms with Gasteiger partial charge in [-0.05, 0) is 93.7 Å². The van der Waals surface area contributed by atoms with E-state index in [1.807, 2.05) is 24.4 Å². The molecule has 3 aromatic rings. The van der Waals surface area contributed by atoms with Gasteiger partial charge in [0.2, 0.25) is 5.95 Å². The summed E-state index contributed by atoms with van der Waals surface area (Å²) in [6.45, 7) is 3.85. The standard InChI is InChI=1S/C28H32N4O3/c1-17-13-21(15-23(14-17)31-27-29-12-11-24(32-27)18-3-4-18)20-7-10-25(30-16-20)28(2,35)22-8-5-19(6-9-22)26(33)34/h7,10-16,18-19,22,35H,3-6,8-9H2,1-2H3,(H,33,34)(H,29,31,32)/t19-,22-,28?. The maximum absolute atomic E-state index is 11.3. The van der Waals surface area contributed by atoms with E-state index in [1.54, 1.807) is 13.1 Å². The van der Waals surface area contributed by atoms with Gasteiger partial charge in [-0.3, -0.25) is 9.78 Å². The van der Waals surface area contributed by atoms with Crippen molar-refractivity contribution in [2.45, 2.75) is 63.9 Å². The minimum Gasteiger partial charge on any atom is -0.481 e. The van der Waals surface area contributed by atoms with E-state index in [-0.39, 0.29) is 11.8 Å². The summed E-state index contributed by atoms with van der Waals surface area (Å²) in [7, 11) is 0. The molecule has 182 valence electrons. The first-order valence-corrected chi connectivity index (χ1v) is 12.4. The zero-order valence-corrected chi connectivity index (χ0v) is 20.2. The van der Waals surface area contributed by atoms with E-state index < -0.39 is 11.6 Å². The molecule has 3 N–H and O–H groups in total.